The zero-order valence-corrected chi connectivity index (χ0v) is 11.1. The molecule has 0 aliphatic heterocycles. The Morgan fingerprint density at radius 1 is 1.44 bits per heavy atom. The second-order valence-corrected chi connectivity index (χ2v) is 4.71. The van der Waals surface area contributed by atoms with Crippen LogP contribution < -0.4 is 5.73 Å². The van der Waals surface area contributed by atoms with E-state index in [4.69, 9.17) is 10.5 Å². The van der Waals surface area contributed by atoms with E-state index in [2.05, 4.69) is 15.2 Å². The van der Waals surface area contributed by atoms with Crippen LogP contribution in [0.15, 0.2) is 0 Å². The summed E-state index contributed by atoms with van der Waals surface area (Å²) in [6.45, 7) is 5.60. The van der Waals surface area contributed by atoms with Gasteiger partial charge in [-0.25, -0.2) is 9.78 Å². The zero-order valence-electron chi connectivity index (χ0n) is 10.3. The first-order chi connectivity index (χ1) is 8.54. The Labute approximate surface area is 108 Å². The number of rotatable bonds is 3. The number of hydrogen-bond donors (Lipinski definition) is 1. The van der Waals surface area contributed by atoms with Gasteiger partial charge in [0.25, 0.3) is 0 Å². The molecule has 0 bridgehead atoms. The van der Waals surface area contributed by atoms with Crippen molar-refractivity contribution in [2.24, 2.45) is 0 Å². The molecular weight excluding hydrogens is 254 g/mol. The number of nitrogens with zero attached hydrogens (tertiary/aromatic N) is 4. The minimum Gasteiger partial charge on any atom is -0.461 e. The highest BCUT2D eigenvalue weighted by Crippen LogP contribution is 2.23. The van der Waals surface area contributed by atoms with Crippen LogP contribution in [0.2, 0.25) is 0 Å². The Morgan fingerprint density at radius 3 is 2.72 bits per heavy atom. The summed E-state index contributed by atoms with van der Waals surface area (Å²) in [6.07, 6.45) is 0. The molecule has 0 amide bonds. The molecular formula is C10H13N5O2S. The molecule has 96 valence electrons. The molecule has 0 aliphatic rings. The van der Waals surface area contributed by atoms with Crippen molar-refractivity contribution in [3.8, 4) is 5.13 Å². The molecule has 2 N–H and O–H groups in total. The van der Waals surface area contributed by atoms with Gasteiger partial charge in [0.1, 0.15) is 16.6 Å². The molecule has 2 heterocycles. The fourth-order valence-electron chi connectivity index (χ4n) is 1.52. The van der Waals surface area contributed by atoms with Crippen molar-refractivity contribution in [1.29, 1.82) is 0 Å². The lowest BCUT2D eigenvalue weighted by atomic mass is 10.4. The van der Waals surface area contributed by atoms with Gasteiger partial charge in [-0.3, -0.25) is 4.57 Å². The van der Waals surface area contributed by atoms with E-state index in [1.807, 2.05) is 6.92 Å². The molecule has 0 fully saturated rings. The van der Waals surface area contributed by atoms with E-state index < -0.39 is 5.97 Å². The number of esters is 1. The summed E-state index contributed by atoms with van der Waals surface area (Å²) in [6, 6.07) is 0. The van der Waals surface area contributed by atoms with E-state index in [1.165, 1.54) is 11.3 Å². The number of hydrogen-bond acceptors (Lipinski definition) is 7. The Hall–Kier alpha value is -1.96. The van der Waals surface area contributed by atoms with Gasteiger partial charge in [-0.05, 0) is 20.8 Å². The van der Waals surface area contributed by atoms with Crippen LogP contribution in [0.3, 0.4) is 0 Å². The Morgan fingerprint density at radius 2 is 2.17 bits per heavy atom. The van der Waals surface area contributed by atoms with E-state index in [9.17, 15) is 4.79 Å². The number of nitrogens with two attached hydrogens (primary N) is 1. The predicted octanol–water partition coefficient (Wildman–Crippen LogP) is 1.10. The molecule has 0 aromatic carbocycles. The molecule has 18 heavy (non-hydrogen) atoms. The first-order valence-electron chi connectivity index (χ1n) is 5.37. The van der Waals surface area contributed by atoms with Crippen LogP contribution in [0.25, 0.3) is 5.13 Å². The Balaban J connectivity index is 2.47. The maximum Gasteiger partial charge on any atom is 0.360 e. The largest absolute Gasteiger partial charge is 0.461 e. The van der Waals surface area contributed by atoms with Crippen LogP contribution in [0, 0.1) is 13.8 Å². The van der Waals surface area contributed by atoms with Crippen molar-refractivity contribution in [3.05, 3.63) is 16.5 Å². The van der Waals surface area contributed by atoms with Crippen LogP contribution in [-0.2, 0) is 4.74 Å². The van der Waals surface area contributed by atoms with Gasteiger partial charge in [-0.2, -0.15) is 0 Å². The number of carbonyl (C=O) groups is 1. The van der Waals surface area contributed by atoms with Crippen molar-refractivity contribution < 1.29 is 9.53 Å². The van der Waals surface area contributed by atoms with Gasteiger partial charge in [-0.15, -0.1) is 10.2 Å². The summed E-state index contributed by atoms with van der Waals surface area (Å²) >= 11 is 1.38. The van der Waals surface area contributed by atoms with Crippen LogP contribution in [-0.4, -0.2) is 32.3 Å². The molecule has 2 aromatic heterocycles. The number of nitrogen functional groups attached to an aromatic ring is 1. The number of ether oxygens (including phenoxy) is 1. The molecule has 0 atom stereocenters. The highest BCUT2D eigenvalue weighted by molar-refractivity contribution is 7.13. The Bertz CT molecular complexity index is 589. The number of aryl methyl sites for hydroxylation is 2. The maximum atomic E-state index is 11.7. The third kappa shape index (κ3) is 2.06. The summed E-state index contributed by atoms with van der Waals surface area (Å²) in [5.41, 5.74) is 6.03. The topological polar surface area (TPSA) is 95.9 Å². The van der Waals surface area contributed by atoms with Gasteiger partial charge in [0, 0.05) is 0 Å². The van der Waals surface area contributed by atoms with Crippen molar-refractivity contribution in [1.82, 2.24) is 19.7 Å². The quantitative estimate of drug-likeness (QED) is 0.836. The monoisotopic (exact) mass is 267 g/mol. The SMILES string of the molecule is CCOC(=O)c1nc(C)n(-c2nnc(C)s2)c1N. The number of aromatic nitrogens is 4. The van der Waals surface area contributed by atoms with E-state index in [1.54, 1.807) is 18.4 Å². The average Bonchev–Trinajstić information content (AvgIpc) is 2.83. The van der Waals surface area contributed by atoms with Gasteiger partial charge in [0.15, 0.2) is 5.69 Å². The van der Waals surface area contributed by atoms with E-state index >= 15 is 0 Å². The predicted molar refractivity (Wildman–Crippen MR) is 66.9 cm³/mol. The van der Waals surface area contributed by atoms with Crippen molar-refractivity contribution in [3.63, 3.8) is 0 Å². The third-order valence-electron chi connectivity index (χ3n) is 2.26. The van der Waals surface area contributed by atoms with Gasteiger partial charge in [0.2, 0.25) is 5.13 Å². The minimum absolute atomic E-state index is 0.113. The molecule has 2 rings (SSSR count). The van der Waals surface area contributed by atoms with E-state index in [0.29, 0.717) is 11.0 Å². The summed E-state index contributed by atoms with van der Waals surface area (Å²) in [5.74, 6) is 0.270. The second kappa shape index (κ2) is 4.73. The molecule has 2 aromatic rings. The van der Waals surface area contributed by atoms with Gasteiger partial charge >= 0.3 is 5.97 Å². The van der Waals surface area contributed by atoms with Crippen LogP contribution in [0.4, 0.5) is 5.82 Å². The summed E-state index contributed by atoms with van der Waals surface area (Å²) in [5, 5.41) is 9.30. The van der Waals surface area contributed by atoms with Gasteiger partial charge in [0.05, 0.1) is 6.61 Å². The average molecular weight is 267 g/mol. The number of carbonyl (C=O) groups excluding carboxylic acids is 1. The summed E-state index contributed by atoms with van der Waals surface area (Å²) in [7, 11) is 0. The maximum absolute atomic E-state index is 11.7. The van der Waals surface area contributed by atoms with Gasteiger partial charge < -0.3 is 10.5 Å². The Kier molecular flexibility index (Phi) is 3.28. The molecule has 7 nitrogen and oxygen atoms in total. The highest BCUT2D eigenvalue weighted by Gasteiger charge is 2.22. The molecule has 0 spiro atoms. The molecule has 0 saturated carbocycles. The fraction of sp³-hybridized carbons (Fsp3) is 0.400. The number of imidazole rings is 1. The van der Waals surface area contributed by atoms with Gasteiger partial charge in [-0.1, -0.05) is 11.3 Å². The first kappa shape index (κ1) is 12.5. The van der Waals surface area contributed by atoms with E-state index in [0.717, 1.165) is 5.01 Å². The normalized spacial score (nSPS) is 10.6. The summed E-state index contributed by atoms with van der Waals surface area (Å²) in [4.78, 5) is 15.8. The van der Waals surface area contributed by atoms with Crippen molar-refractivity contribution in [2.75, 3.05) is 12.3 Å². The highest BCUT2D eigenvalue weighted by atomic mass is 32.1. The van der Waals surface area contributed by atoms with Crippen molar-refractivity contribution >= 4 is 23.1 Å². The molecule has 8 heteroatoms. The van der Waals surface area contributed by atoms with Crippen LogP contribution >= 0.6 is 11.3 Å². The first-order valence-corrected chi connectivity index (χ1v) is 6.18. The summed E-state index contributed by atoms with van der Waals surface area (Å²) < 4.78 is 6.48. The molecule has 0 radical (unpaired) electrons. The minimum atomic E-state index is -0.530. The van der Waals surface area contributed by atoms with Crippen LogP contribution in [0.1, 0.15) is 28.2 Å². The number of anilines is 1. The fourth-order valence-corrected chi connectivity index (χ4v) is 2.27. The smallest absolute Gasteiger partial charge is 0.360 e. The van der Waals surface area contributed by atoms with E-state index in [-0.39, 0.29) is 18.1 Å². The van der Waals surface area contributed by atoms with Crippen LogP contribution in [0.5, 0.6) is 0 Å². The standard InChI is InChI=1S/C10H13N5O2S/c1-4-17-9(16)7-8(11)15(5(2)12-7)10-14-13-6(3)18-10/h4,11H2,1-3H3. The second-order valence-electron chi connectivity index (χ2n) is 3.55. The molecule has 0 aliphatic carbocycles. The lowest BCUT2D eigenvalue weighted by molar-refractivity contribution is 0.0521. The third-order valence-corrected chi connectivity index (χ3v) is 3.08. The molecule has 0 unspecified atom stereocenters. The lowest BCUT2D eigenvalue weighted by Gasteiger charge is -2.02. The van der Waals surface area contributed by atoms with Crippen molar-refractivity contribution in [2.45, 2.75) is 20.8 Å². The molecule has 0 saturated heterocycles. The lowest BCUT2D eigenvalue weighted by Crippen LogP contribution is -2.09. The zero-order chi connectivity index (χ0) is 13.3.